The molecule has 0 heterocycles. The molecule has 0 fully saturated rings. The zero-order valence-electron chi connectivity index (χ0n) is 8.53. The van der Waals surface area contributed by atoms with Crippen molar-refractivity contribution >= 4 is 15.9 Å². The van der Waals surface area contributed by atoms with Crippen LogP contribution >= 0.6 is 15.9 Å². The average molecular weight is 280 g/mol. The van der Waals surface area contributed by atoms with Gasteiger partial charge in [-0.2, -0.15) is 0 Å². The summed E-state index contributed by atoms with van der Waals surface area (Å²) in [5.74, 6) is -0.269. The Labute approximate surface area is 102 Å². The van der Waals surface area contributed by atoms with E-state index < -0.39 is 6.04 Å². The molecule has 2 N–H and O–H groups in total. The van der Waals surface area contributed by atoms with E-state index in [9.17, 15) is 4.39 Å². The maximum absolute atomic E-state index is 13.5. The van der Waals surface area contributed by atoms with Crippen LogP contribution in [0.4, 0.5) is 4.39 Å². The molecule has 2 rings (SSSR count). The Morgan fingerprint density at radius 3 is 2.50 bits per heavy atom. The molecule has 0 saturated carbocycles. The molecule has 2 aromatic carbocycles. The van der Waals surface area contributed by atoms with Gasteiger partial charge in [-0.05, 0) is 23.8 Å². The molecule has 0 aliphatic carbocycles. The summed E-state index contributed by atoms with van der Waals surface area (Å²) in [6, 6.07) is 13.7. The second kappa shape index (κ2) is 4.76. The van der Waals surface area contributed by atoms with Gasteiger partial charge in [-0.25, -0.2) is 4.39 Å². The van der Waals surface area contributed by atoms with E-state index in [4.69, 9.17) is 5.73 Å². The Morgan fingerprint density at radius 2 is 1.81 bits per heavy atom. The Kier molecular flexibility index (Phi) is 3.36. The van der Waals surface area contributed by atoms with Crippen LogP contribution < -0.4 is 5.73 Å². The van der Waals surface area contributed by atoms with Crippen molar-refractivity contribution < 1.29 is 4.39 Å². The Balaban J connectivity index is 2.39. The van der Waals surface area contributed by atoms with E-state index in [1.54, 1.807) is 18.2 Å². The summed E-state index contributed by atoms with van der Waals surface area (Å²) in [5, 5.41) is 0. The predicted octanol–water partition coefficient (Wildman–Crippen LogP) is 3.64. The van der Waals surface area contributed by atoms with Gasteiger partial charge in [-0.15, -0.1) is 0 Å². The lowest BCUT2D eigenvalue weighted by atomic mass is 9.99. The van der Waals surface area contributed by atoms with Gasteiger partial charge in [-0.1, -0.05) is 46.3 Å². The number of nitrogens with two attached hydrogens (primary N) is 1. The molecule has 0 spiro atoms. The molecule has 0 aliphatic rings. The molecule has 0 radical (unpaired) electrons. The minimum absolute atomic E-state index is 0.269. The van der Waals surface area contributed by atoms with Gasteiger partial charge in [0.2, 0.25) is 0 Å². The highest BCUT2D eigenvalue weighted by atomic mass is 79.9. The van der Waals surface area contributed by atoms with Crippen LogP contribution in [0.2, 0.25) is 0 Å². The van der Waals surface area contributed by atoms with Crippen molar-refractivity contribution in [2.45, 2.75) is 6.04 Å². The molecular weight excluding hydrogens is 269 g/mol. The standard InChI is InChI=1S/C13H11BrFN/c14-10-5-3-4-9(8-10)13(16)11-6-1-2-7-12(11)15/h1-8,13H,16H2. The molecule has 82 valence electrons. The summed E-state index contributed by atoms with van der Waals surface area (Å²) < 4.78 is 14.5. The number of benzene rings is 2. The van der Waals surface area contributed by atoms with Gasteiger partial charge in [0.25, 0.3) is 0 Å². The lowest BCUT2D eigenvalue weighted by Crippen LogP contribution is -2.13. The summed E-state index contributed by atoms with van der Waals surface area (Å²) in [7, 11) is 0. The highest BCUT2D eigenvalue weighted by molar-refractivity contribution is 9.10. The molecular formula is C13H11BrFN. The van der Waals surface area contributed by atoms with Crippen LogP contribution in [-0.4, -0.2) is 0 Å². The Bertz CT molecular complexity index is 499. The highest BCUT2D eigenvalue weighted by Gasteiger charge is 2.12. The van der Waals surface area contributed by atoms with Crippen molar-refractivity contribution in [3.63, 3.8) is 0 Å². The number of halogens is 2. The van der Waals surface area contributed by atoms with E-state index in [1.165, 1.54) is 6.07 Å². The first-order chi connectivity index (χ1) is 7.68. The van der Waals surface area contributed by atoms with Crippen LogP contribution in [0.3, 0.4) is 0 Å². The van der Waals surface area contributed by atoms with Crippen LogP contribution in [0.25, 0.3) is 0 Å². The fourth-order valence-corrected chi connectivity index (χ4v) is 2.02. The van der Waals surface area contributed by atoms with E-state index in [0.717, 1.165) is 10.0 Å². The molecule has 0 aliphatic heterocycles. The molecule has 1 nitrogen and oxygen atoms in total. The van der Waals surface area contributed by atoms with Gasteiger partial charge in [0.05, 0.1) is 6.04 Å². The van der Waals surface area contributed by atoms with Crippen LogP contribution in [0.1, 0.15) is 17.2 Å². The molecule has 1 atom stereocenters. The average Bonchev–Trinajstić information content (AvgIpc) is 2.29. The van der Waals surface area contributed by atoms with Gasteiger partial charge >= 0.3 is 0 Å². The summed E-state index contributed by atoms with van der Waals surface area (Å²) in [6.07, 6.45) is 0. The van der Waals surface area contributed by atoms with Crippen molar-refractivity contribution in [2.75, 3.05) is 0 Å². The molecule has 3 heteroatoms. The first-order valence-electron chi connectivity index (χ1n) is 4.94. The third-order valence-electron chi connectivity index (χ3n) is 2.45. The molecule has 0 amide bonds. The van der Waals surface area contributed by atoms with E-state index in [-0.39, 0.29) is 5.82 Å². The van der Waals surface area contributed by atoms with Crippen molar-refractivity contribution in [1.82, 2.24) is 0 Å². The first kappa shape index (κ1) is 11.3. The Hall–Kier alpha value is -1.19. The molecule has 1 unspecified atom stereocenters. The van der Waals surface area contributed by atoms with Crippen LogP contribution in [0, 0.1) is 5.82 Å². The van der Waals surface area contributed by atoms with Crippen LogP contribution in [-0.2, 0) is 0 Å². The van der Waals surface area contributed by atoms with E-state index in [2.05, 4.69) is 15.9 Å². The smallest absolute Gasteiger partial charge is 0.128 e. The fraction of sp³-hybridized carbons (Fsp3) is 0.0769. The quantitative estimate of drug-likeness (QED) is 0.893. The Morgan fingerprint density at radius 1 is 1.06 bits per heavy atom. The van der Waals surface area contributed by atoms with E-state index >= 15 is 0 Å². The van der Waals surface area contributed by atoms with Gasteiger partial charge in [0.15, 0.2) is 0 Å². The van der Waals surface area contributed by atoms with Crippen molar-refractivity contribution in [1.29, 1.82) is 0 Å². The van der Waals surface area contributed by atoms with E-state index in [1.807, 2.05) is 24.3 Å². The SMILES string of the molecule is NC(c1cccc(Br)c1)c1ccccc1F. The summed E-state index contributed by atoms with van der Waals surface area (Å²) >= 11 is 3.37. The highest BCUT2D eigenvalue weighted by Crippen LogP contribution is 2.24. The van der Waals surface area contributed by atoms with Crippen LogP contribution in [0.5, 0.6) is 0 Å². The molecule has 16 heavy (non-hydrogen) atoms. The van der Waals surface area contributed by atoms with Crippen molar-refractivity contribution in [3.8, 4) is 0 Å². The first-order valence-corrected chi connectivity index (χ1v) is 5.73. The normalized spacial score (nSPS) is 12.4. The number of hydrogen-bond acceptors (Lipinski definition) is 1. The second-order valence-electron chi connectivity index (χ2n) is 3.55. The van der Waals surface area contributed by atoms with Gasteiger partial charge in [0.1, 0.15) is 5.82 Å². The zero-order valence-corrected chi connectivity index (χ0v) is 10.1. The molecule has 2 aromatic rings. The second-order valence-corrected chi connectivity index (χ2v) is 4.47. The number of hydrogen-bond donors (Lipinski definition) is 1. The maximum Gasteiger partial charge on any atom is 0.128 e. The summed E-state index contributed by atoms with van der Waals surface area (Å²) in [4.78, 5) is 0. The topological polar surface area (TPSA) is 26.0 Å². The van der Waals surface area contributed by atoms with Gasteiger partial charge in [-0.3, -0.25) is 0 Å². The summed E-state index contributed by atoms with van der Waals surface area (Å²) in [5.41, 5.74) is 7.43. The number of rotatable bonds is 2. The third-order valence-corrected chi connectivity index (χ3v) is 2.94. The van der Waals surface area contributed by atoms with Gasteiger partial charge in [0, 0.05) is 10.0 Å². The summed E-state index contributed by atoms with van der Waals surface area (Å²) in [6.45, 7) is 0. The van der Waals surface area contributed by atoms with Crippen molar-refractivity contribution in [3.05, 3.63) is 69.9 Å². The van der Waals surface area contributed by atoms with Gasteiger partial charge < -0.3 is 5.73 Å². The fourth-order valence-electron chi connectivity index (χ4n) is 1.61. The lowest BCUT2D eigenvalue weighted by Gasteiger charge is -2.13. The third kappa shape index (κ3) is 2.31. The minimum Gasteiger partial charge on any atom is -0.320 e. The minimum atomic E-state index is -0.432. The monoisotopic (exact) mass is 279 g/mol. The van der Waals surface area contributed by atoms with Crippen molar-refractivity contribution in [2.24, 2.45) is 5.73 Å². The molecule has 0 bridgehead atoms. The molecule has 0 aromatic heterocycles. The van der Waals surface area contributed by atoms with Crippen LogP contribution in [0.15, 0.2) is 53.0 Å². The maximum atomic E-state index is 13.5. The predicted molar refractivity (Wildman–Crippen MR) is 66.6 cm³/mol. The lowest BCUT2D eigenvalue weighted by molar-refractivity contribution is 0.599. The largest absolute Gasteiger partial charge is 0.320 e. The molecule has 0 saturated heterocycles. The van der Waals surface area contributed by atoms with E-state index in [0.29, 0.717) is 5.56 Å². The zero-order chi connectivity index (χ0) is 11.5.